The summed E-state index contributed by atoms with van der Waals surface area (Å²) in [6, 6.07) is 6.66. The fraction of sp³-hybridized carbons (Fsp3) is 0.562. The minimum absolute atomic E-state index is 0.0186. The van der Waals surface area contributed by atoms with Crippen LogP contribution in [-0.4, -0.2) is 67.8 Å². The lowest BCUT2D eigenvalue weighted by molar-refractivity contribution is -0.159. The highest BCUT2D eigenvalue weighted by molar-refractivity contribution is 5.81. The quantitative estimate of drug-likeness (QED) is 0.831. The molecule has 1 aromatic carbocycles. The van der Waals surface area contributed by atoms with Crippen LogP contribution < -0.4 is 0 Å². The summed E-state index contributed by atoms with van der Waals surface area (Å²) in [6.45, 7) is 5.03. The lowest BCUT2D eigenvalue weighted by Crippen LogP contribution is -2.53. The molecule has 2 aliphatic heterocycles. The number of piperazine rings is 1. The van der Waals surface area contributed by atoms with E-state index in [0.717, 1.165) is 18.7 Å². The molecule has 0 spiro atoms. The van der Waals surface area contributed by atoms with Gasteiger partial charge in [-0.05, 0) is 17.7 Å². The van der Waals surface area contributed by atoms with Crippen LogP contribution in [0.3, 0.4) is 0 Å². The van der Waals surface area contributed by atoms with Crippen LogP contribution in [0.4, 0.5) is 4.39 Å². The SMILES string of the molecule is O=C([C@H]1COCCO1)N1CCN(Cc2cccc(F)c2)CC1. The van der Waals surface area contributed by atoms with E-state index in [9.17, 15) is 9.18 Å². The van der Waals surface area contributed by atoms with Gasteiger partial charge in [-0.3, -0.25) is 9.69 Å². The normalized spacial score (nSPS) is 23.5. The van der Waals surface area contributed by atoms with Crippen LogP contribution in [0.1, 0.15) is 5.56 Å². The van der Waals surface area contributed by atoms with E-state index >= 15 is 0 Å². The first kappa shape index (κ1) is 15.4. The zero-order valence-corrected chi connectivity index (χ0v) is 12.5. The van der Waals surface area contributed by atoms with Crippen molar-refractivity contribution in [3.05, 3.63) is 35.6 Å². The van der Waals surface area contributed by atoms with Gasteiger partial charge in [0.2, 0.25) is 0 Å². The highest BCUT2D eigenvalue weighted by Gasteiger charge is 2.29. The van der Waals surface area contributed by atoms with Gasteiger partial charge in [-0.25, -0.2) is 4.39 Å². The van der Waals surface area contributed by atoms with Gasteiger partial charge in [-0.2, -0.15) is 0 Å². The van der Waals surface area contributed by atoms with E-state index in [-0.39, 0.29) is 11.7 Å². The van der Waals surface area contributed by atoms with Gasteiger partial charge in [0.25, 0.3) is 5.91 Å². The summed E-state index contributed by atoms with van der Waals surface area (Å²) in [5, 5.41) is 0. The molecule has 1 aromatic rings. The molecular weight excluding hydrogens is 287 g/mol. The van der Waals surface area contributed by atoms with Gasteiger partial charge in [0, 0.05) is 32.7 Å². The van der Waals surface area contributed by atoms with Crippen LogP contribution in [0.2, 0.25) is 0 Å². The second kappa shape index (κ2) is 7.17. The van der Waals surface area contributed by atoms with Crippen molar-refractivity contribution >= 4 is 5.91 Å². The van der Waals surface area contributed by atoms with Crippen LogP contribution in [0.5, 0.6) is 0 Å². The highest BCUT2D eigenvalue weighted by atomic mass is 19.1. The van der Waals surface area contributed by atoms with Crippen molar-refractivity contribution in [1.82, 2.24) is 9.80 Å². The fourth-order valence-electron chi connectivity index (χ4n) is 2.85. The van der Waals surface area contributed by atoms with Gasteiger partial charge < -0.3 is 14.4 Å². The molecule has 5 nitrogen and oxygen atoms in total. The summed E-state index contributed by atoms with van der Waals surface area (Å²) in [4.78, 5) is 16.4. The van der Waals surface area contributed by atoms with E-state index in [2.05, 4.69) is 4.90 Å². The number of amides is 1. The van der Waals surface area contributed by atoms with Gasteiger partial charge in [-0.15, -0.1) is 0 Å². The maximum atomic E-state index is 13.2. The topological polar surface area (TPSA) is 42.0 Å². The zero-order chi connectivity index (χ0) is 15.4. The van der Waals surface area contributed by atoms with Gasteiger partial charge in [0.1, 0.15) is 5.82 Å². The molecule has 2 heterocycles. The Bertz CT molecular complexity index is 512. The molecule has 0 bridgehead atoms. The second-order valence-corrected chi connectivity index (χ2v) is 5.67. The maximum absolute atomic E-state index is 13.2. The number of nitrogens with zero attached hydrogens (tertiary/aromatic N) is 2. The molecule has 6 heteroatoms. The summed E-state index contributed by atoms with van der Waals surface area (Å²) in [5.74, 6) is -0.189. The van der Waals surface area contributed by atoms with E-state index < -0.39 is 6.10 Å². The zero-order valence-electron chi connectivity index (χ0n) is 12.5. The number of benzene rings is 1. The monoisotopic (exact) mass is 308 g/mol. The molecule has 1 atom stereocenters. The van der Waals surface area contributed by atoms with Crippen LogP contribution in [0, 0.1) is 5.82 Å². The number of ether oxygens (including phenoxy) is 2. The number of carbonyl (C=O) groups excluding carboxylic acids is 1. The average molecular weight is 308 g/mol. The molecule has 22 heavy (non-hydrogen) atoms. The summed E-state index contributed by atoms with van der Waals surface area (Å²) in [7, 11) is 0. The van der Waals surface area contributed by atoms with Crippen molar-refractivity contribution in [2.75, 3.05) is 46.0 Å². The van der Waals surface area contributed by atoms with Gasteiger partial charge in [-0.1, -0.05) is 12.1 Å². The predicted octanol–water partition coefficient (Wildman–Crippen LogP) is 0.885. The Morgan fingerprint density at radius 1 is 1.23 bits per heavy atom. The summed E-state index contributed by atoms with van der Waals surface area (Å²) in [5.41, 5.74) is 0.962. The molecular formula is C16H21FN2O3. The smallest absolute Gasteiger partial charge is 0.254 e. The average Bonchev–Trinajstić information content (AvgIpc) is 2.56. The Balaban J connectivity index is 1.48. The van der Waals surface area contributed by atoms with E-state index in [1.807, 2.05) is 11.0 Å². The molecule has 1 amide bonds. The molecule has 2 aliphatic rings. The predicted molar refractivity (Wildman–Crippen MR) is 78.8 cm³/mol. The van der Waals surface area contributed by atoms with Crippen LogP contribution >= 0.6 is 0 Å². The van der Waals surface area contributed by atoms with E-state index in [0.29, 0.717) is 39.5 Å². The first-order valence-electron chi connectivity index (χ1n) is 7.67. The molecule has 2 fully saturated rings. The van der Waals surface area contributed by atoms with E-state index in [1.165, 1.54) is 6.07 Å². The fourth-order valence-corrected chi connectivity index (χ4v) is 2.85. The molecule has 0 saturated carbocycles. The maximum Gasteiger partial charge on any atom is 0.254 e. The molecule has 0 aliphatic carbocycles. The van der Waals surface area contributed by atoms with Crippen molar-refractivity contribution in [1.29, 1.82) is 0 Å². The molecule has 0 radical (unpaired) electrons. The first-order valence-corrected chi connectivity index (χ1v) is 7.67. The Hall–Kier alpha value is -1.50. The standard InChI is InChI=1S/C16H21FN2O3/c17-14-3-1-2-13(10-14)11-18-4-6-19(7-5-18)16(20)15-12-21-8-9-22-15/h1-3,10,15H,4-9,11-12H2/t15-/m1/s1. The van der Waals surface area contributed by atoms with Gasteiger partial charge in [0.05, 0.1) is 19.8 Å². The Kier molecular flexibility index (Phi) is 5.02. The number of hydrogen-bond acceptors (Lipinski definition) is 4. The largest absolute Gasteiger partial charge is 0.376 e. The summed E-state index contributed by atoms with van der Waals surface area (Å²) in [6.07, 6.45) is -0.455. The van der Waals surface area contributed by atoms with Crippen LogP contribution in [0.25, 0.3) is 0 Å². The van der Waals surface area contributed by atoms with Crippen LogP contribution in [0.15, 0.2) is 24.3 Å². The van der Waals surface area contributed by atoms with Crippen molar-refractivity contribution in [2.45, 2.75) is 12.6 Å². The number of rotatable bonds is 3. The van der Waals surface area contributed by atoms with Crippen molar-refractivity contribution < 1.29 is 18.7 Å². The number of carbonyl (C=O) groups is 1. The first-order chi connectivity index (χ1) is 10.7. The lowest BCUT2D eigenvalue weighted by atomic mass is 10.2. The van der Waals surface area contributed by atoms with Gasteiger partial charge in [0.15, 0.2) is 6.10 Å². The third kappa shape index (κ3) is 3.82. The molecule has 0 unspecified atom stereocenters. The Morgan fingerprint density at radius 2 is 2.05 bits per heavy atom. The number of halogens is 1. The van der Waals surface area contributed by atoms with E-state index in [1.54, 1.807) is 12.1 Å². The summed E-state index contributed by atoms with van der Waals surface area (Å²) < 4.78 is 23.9. The van der Waals surface area contributed by atoms with E-state index in [4.69, 9.17) is 9.47 Å². The Labute approximate surface area is 129 Å². The minimum Gasteiger partial charge on any atom is -0.376 e. The third-order valence-corrected chi connectivity index (χ3v) is 4.07. The molecule has 0 N–H and O–H groups in total. The number of hydrogen-bond donors (Lipinski definition) is 0. The highest BCUT2D eigenvalue weighted by Crippen LogP contribution is 2.12. The molecule has 0 aromatic heterocycles. The Morgan fingerprint density at radius 3 is 2.73 bits per heavy atom. The minimum atomic E-state index is -0.455. The van der Waals surface area contributed by atoms with Crippen molar-refractivity contribution in [3.8, 4) is 0 Å². The third-order valence-electron chi connectivity index (χ3n) is 4.07. The lowest BCUT2D eigenvalue weighted by Gasteiger charge is -2.37. The second-order valence-electron chi connectivity index (χ2n) is 5.67. The summed E-state index contributed by atoms with van der Waals surface area (Å²) >= 11 is 0. The van der Waals surface area contributed by atoms with Crippen molar-refractivity contribution in [3.63, 3.8) is 0 Å². The molecule has 2 saturated heterocycles. The van der Waals surface area contributed by atoms with Crippen LogP contribution in [-0.2, 0) is 20.8 Å². The van der Waals surface area contributed by atoms with Gasteiger partial charge >= 0.3 is 0 Å². The molecule has 3 rings (SSSR count). The van der Waals surface area contributed by atoms with Crippen molar-refractivity contribution in [2.24, 2.45) is 0 Å². The molecule has 120 valence electrons.